The van der Waals surface area contributed by atoms with Gasteiger partial charge in [-0.25, -0.2) is 13.1 Å². The van der Waals surface area contributed by atoms with Gasteiger partial charge in [-0.05, 0) is 56.0 Å². The van der Waals surface area contributed by atoms with E-state index in [-0.39, 0.29) is 17.2 Å². The Kier molecular flexibility index (Phi) is 5.80. The van der Waals surface area contributed by atoms with Gasteiger partial charge in [0.05, 0.1) is 4.90 Å². The summed E-state index contributed by atoms with van der Waals surface area (Å²) in [7, 11) is -3.80. The third-order valence-corrected chi connectivity index (χ3v) is 5.88. The molecule has 0 atom stereocenters. The fourth-order valence-electron chi connectivity index (χ4n) is 2.69. The molecule has 0 bridgehead atoms. The number of hydrogen-bond donors (Lipinski definition) is 1. The minimum atomic E-state index is -3.80. The molecule has 0 unspecified atom stereocenters. The third-order valence-electron chi connectivity index (χ3n) is 4.21. The normalized spacial score (nSPS) is 11.8. The van der Waals surface area contributed by atoms with E-state index < -0.39 is 16.6 Å². The number of sulfonamides is 1. The second-order valence-corrected chi connectivity index (χ2v) is 7.60. The molecule has 136 valence electrons. The average Bonchev–Trinajstić information content (AvgIpc) is 2.52. The van der Waals surface area contributed by atoms with Gasteiger partial charge in [0.15, 0.2) is 0 Å². The van der Waals surface area contributed by atoms with E-state index in [0.29, 0.717) is 16.7 Å². The topological polar surface area (TPSA) is 55.4 Å². The monoisotopic (exact) mass is 369 g/mol. The van der Waals surface area contributed by atoms with Crippen LogP contribution in [-0.4, -0.2) is 15.0 Å². The van der Waals surface area contributed by atoms with Crippen molar-refractivity contribution in [3.05, 3.63) is 58.1 Å². The van der Waals surface area contributed by atoms with Crippen LogP contribution in [-0.2, 0) is 16.6 Å². The Morgan fingerprint density at radius 2 is 1.60 bits per heavy atom. The Morgan fingerprint density at radius 3 is 2.16 bits per heavy atom. The van der Waals surface area contributed by atoms with Crippen molar-refractivity contribution in [2.24, 2.45) is 0 Å². The first-order valence-electron chi connectivity index (χ1n) is 7.73. The van der Waals surface area contributed by atoms with Crippen LogP contribution in [0, 0.1) is 27.7 Å². The van der Waals surface area contributed by atoms with Gasteiger partial charge < -0.3 is 4.74 Å². The van der Waals surface area contributed by atoms with E-state index in [1.165, 1.54) is 6.07 Å². The highest BCUT2D eigenvalue weighted by Crippen LogP contribution is 2.27. The summed E-state index contributed by atoms with van der Waals surface area (Å²) in [5.41, 5.74) is 3.45. The van der Waals surface area contributed by atoms with Gasteiger partial charge >= 0.3 is 6.61 Å². The number of ether oxygens (including phenoxy) is 1. The molecule has 2 aromatic carbocycles. The van der Waals surface area contributed by atoms with Gasteiger partial charge in [-0.15, -0.1) is 0 Å². The molecule has 0 aromatic heterocycles. The van der Waals surface area contributed by atoms with E-state index in [1.807, 2.05) is 19.9 Å². The van der Waals surface area contributed by atoms with Gasteiger partial charge in [0.25, 0.3) is 0 Å². The zero-order valence-electron chi connectivity index (χ0n) is 14.6. The molecule has 0 heterocycles. The van der Waals surface area contributed by atoms with Crippen LogP contribution in [0.15, 0.2) is 35.2 Å². The molecule has 0 saturated heterocycles. The summed E-state index contributed by atoms with van der Waals surface area (Å²) in [5.74, 6) is -0.0472. The molecular formula is C18H21F2NO3S. The number of nitrogens with one attached hydrogen (secondary N) is 1. The van der Waals surface area contributed by atoms with Crippen molar-refractivity contribution in [3.63, 3.8) is 0 Å². The molecule has 2 aromatic rings. The maximum Gasteiger partial charge on any atom is 0.387 e. The first kappa shape index (κ1) is 19.3. The molecule has 2 rings (SSSR count). The lowest BCUT2D eigenvalue weighted by Gasteiger charge is -2.17. The van der Waals surface area contributed by atoms with Crippen LogP contribution >= 0.6 is 0 Å². The number of alkyl halides is 2. The van der Waals surface area contributed by atoms with Crippen molar-refractivity contribution in [2.75, 3.05) is 0 Å². The highest BCUT2D eigenvalue weighted by Gasteiger charge is 2.22. The predicted molar refractivity (Wildman–Crippen MR) is 92.5 cm³/mol. The van der Waals surface area contributed by atoms with E-state index in [4.69, 9.17) is 0 Å². The van der Waals surface area contributed by atoms with Crippen LogP contribution in [0.2, 0.25) is 0 Å². The lowest BCUT2D eigenvalue weighted by atomic mass is 10.0. The molecule has 0 radical (unpaired) electrons. The summed E-state index contributed by atoms with van der Waals surface area (Å²) in [6.45, 7) is 4.10. The summed E-state index contributed by atoms with van der Waals surface area (Å²) in [6.07, 6.45) is 0. The number of para-hydroxylation sites is 1. The van der Waals surface area contributed by atoms with Crippen LogP contribution in [0.25, 0.3) is 0 Å². The van der Waals surface area contributed by atoms with Crippen LogP contribution in [0.1, 0.15) is 27.8 Å². The Labute approximate surface area is 146 Å². The maximum atomic E-state index is 12.8. The highest BCUT2D eigenvalue weighted by atomic mass is 32.2. The van der Waals surface area contributed by atoms with Gasteiger partial charge in [-0.3, -0.25) is 0 Å². The molecule has 25 heavy (non-hydrogen) atoms. The predicted octanol–water partition coefficient (Wildman–Crippen LogP) is 4.00. The minimum Gasteiger partial charge on any atom is -0.434 e. The summed E-state index contributed by atoms with van der Waals surface area (Å²) in [5, 5.41) is 0. The van der Waals surface area contributed by atoms with Gasteiger partial charge in [-0.2, -0.15) is 8.78 Å². The van der Waals surface area contributed by atoms with Gasteiger partial charge in [0.1, 0.15) is 5.75 Å². The van der Waals surface area contributed by atoms with E-state index in [2.05, 4.69) is 9.46 Å². The Bertz CT molecular complexity index is 854. The number of benzene rings is 2. The van der Waals surface area contributed by atoms with Crippen LogP contribution in [0.3, 0.4) is 0 Å². The van der Waals surface area contributed by atoms with Crippen LogP contribution in [0.5, 0.6) is 5.75 Å². The molecule has 0 spiro atoms. The first-order chi connectivity index (χ1) is 11.6. The number of halogens is 2. The summed E-state index contributed by atoms with van der Waals surface area (Å²) >= 11 is 0. The molecule has 0 aliphatic rings. The van der Waals surface area contributed by atoms with Crippen molar-refractivity contribution in [3.8, 4) is 5.75 Å². The number of hydrogen-bond acceptors (Lipinski definition) is 3. The largest absolute Gasteiger partial charge is 0.434 e. The fraction of sp³-hybridized carbons (Fsp3) is 0.333. The van der Waals surface area contributed by atoms with Gasteiger partial charge in [0, 0.05) is 12.1 Å². The zero-order valence-corrected chi connectivity index (χ0v) is 15.4. The second kappa shape index (κ2) is 7.49. The lowest BCUT2D eigenvalue weighted by Crippen LogP contribution is -2.25. The van der Waals surface area contributed by atoms with E-state index in [9.17, 15) is 17.2 Å². The molecule has 1 N–H and O–H groups in total. The van der Waals surface area contributed by atoms with E-state index >= 15 is 0 Å². The smallest absolute Gasteiger partial charge is 0.387 e. The van der Waals surface area contributed by atoms with Gasteiger partial charge in [0.2, 0.25) is 10.0 Å². The summed E-state index contributed by atoms with van der Waals surface area (Å²) in [4.78, 5) is 0.234. The lowest BCUT2D eigenvalue weighted by molar-refractivity contribution is -0.0504. The standard InChI is InChI=1S/C18H21F2NO3S/c1-11-9-12(2)14(4)17(13(11)3)25(22,23)21-10-15-7-5-6-8-16(15)24-18(19)20/h5-9,18,21H,10H2,1-4H3. The Balaban J connectivity index is 2.33. The van der Waals surface area contributed by atoms with Crippen LogP contribution in [0.4, 0.5) is 8.78 Å². The van der Waals surface area contributed by atoms with E-state index in [0.717, 1.165) is 11.1 Å². The summed E-state index contributed by atoms with van der Waals surface area (Å²) < 4.78 is 57.4. The molecular weight excluding hydrogens is 348 g/mol. The van der Waals surface area contributed by atoms with Gasteiger partial charge in [-0.1, -0.05) is 24.3 Å². The second-order valence-electron chi connectivity index (χ2n) is 5.90. The molecule has 0 amide bonds. The average molecular weight is 369 g/mol. The van der Waals surface area contributed by atoms with Crippen molar-refractivity contribution in [1.82, 2.24) is 4.72 Å². The van der Waals surface area contributed by atoms with Crippen LogP contribution < -0.4 is 9.46 Å². The third kappa shape index (κ3) is 4.35. The van der Waals surface area contributed by atoms with Crippen molar-refractivity contribution in [2.45, 2.75) is 45.7 Å². The Morgan fingerprint density at radius 1 is 1.04 bits per heavy atom. The first-order valence-corrected chi connectivity index (χ1v) is 9.21. The fourth-order valence-corrected chi connectivity index (χ4v) is 4.31. The van der Waals surface area contributed by atoms with Crippen molar-refractivity contribution < 1.29 is 21.9 Å². The summed E-state index contributed by atoms with van der Waals surface area (Å²) in [6, 6.07) is 8.04. The molecule has 0 saturated carbocycles. The zero-order chi connectivity index (χ0) is 18.8. The minimum absolute atomic E-state index is 0.0472. The Hall–Kier alpha value is -1.99. The van der Waals surface area contributed by atoms with Crippen molar-refractivity contribution >= 4 is 10.0 Å². The number of rotatable bonds is 6. The maximum absolute atomic E-state index is 12.8. The number of aryl methyl sites for hydroxylation is 2. The molecule has 0 fully saturated rings. The molecule has 7 heteroatoms. The quantitative estimate of drug-likeness (QED) is 0.837. The van der Waals surface area contributed by atoms with Crippen molar-refractivity contribution in [1.29, 1.82) is 0 Å². The molecule has 4 nitrogen and oxygen atoms in total. The SMILES string of the molecule is Cc1cc(C)c(C)c(S(=O)(=O)NCc2ccccc2OC(F)F)c1C. The highest BCUT2D eigenvalue weighted by molar-refractivity contribution is 7.89. The molecule has 0 aliphatic heterocycles. The molecule has 0 aliphatic carbocycles. The van der Waals surface area contributed by atoms with E-state index in [1.54, 1.807) is 32.0 Å².